The van der Waals surface area contributed by atoms with Gasteiger partial charge in [-0.25, -0.2) is 14.6 Å². The number of aromatic nitrogens is 2. The van der Waals surface area contributed by atoms with E-state index in [1.165, 1.54) is 49.6 Å². The van der Waals surface area contributed by atoms with Gasteiger partial charge in [-0.1, -0.05) is 5.92 Å². The fourth-order valence-electron chi connectivity index (χ4n) is 3.89. The van der Waals surface area contributed by atoms with Gasteiger partial charge in [0.1, 0.15) is 5.82 Å². The van der Waals surface area contributed by atoms with Gasteiger partial charge in [0.25, 0.3) is 11.8 Å². The minimum atomic E-state index is -5.69. The van der Waals surface area contributed by atoms with Gasteiger partial charge in [-0.05, 0) is 73.9 Å². The molecule has 0 saturated carbocycles. The zero-order valence-electron chi connectivity index (χ0n) is 23.9. The highest BCUT2D eigenvalue weighted by Gasteiger charge is 2.45. The summed E-state index contributed by atoms with van der Waals surface area (Å²) in [6, 6.07) is 10.2. The second-order valence-corrected chi connectivity index (χ2v) is 9.31. The van der Waals surface area contributed by atoms with Gasteiger partial charge in [0.2, 0.25) is 0 Å². The second kappa shape index (κ2) is 13.4. The van der Waals surface area contributed by atoms with Crippen molar-refractivity contribution >= 4 is 57.5 Å². The molecular weight excluding hydrogens is 640 g/mol. The van der Waals surface area contributed by atoms with Crippen molar-refractivity contribution in [2.24, 2.45) is 0 Å². The molecule has 0 aliphatic rings. The summed E-state index contributed by atoms with van der Waals surface area (Å²) in [5.74, 6) is -6.09. The van der Waals surface area contributed by atoms with E-state index in [-0.39, 0.29) is 28.1 Å². The molecule has 2 aromatic heterocycles. The number of hydrogen-bond donors (Lipinski definition) is 3. The van der Waals surface area contributed by atoms with Gasteiger partial charge in [-0.3, -0.25) is 14.6 Å². The number of hydrogen-bond acceptors (Lipinski definition) is 9. The summed E-state index contributed by atoms with van der Waals surface area (Å²) < 4.78 is 88.8. The lowest BCUT2D eigenvalue weighted by atomic mass is 10.1. The lowest BCUT2D eigenvalue weighted by Gasteiger charge is -2.20. The number of amides is 2. The van der Waals surface area contributed by atoms with Crippen LogP contribution in [0.25, 0.3) is 10.9 Å². The Hall–Kier alpha value is -6.18. The first-order chi connectivity index (χ1) is 22.1. The van der Waals surface area contributed by atoms with Crippen molar-refractivity contribution in [3.05, 3.63) is 72.1 Å². The maximum atomic E-state index is 13.4. The SMILES string of the molecule is CC#CC(=O)Nc1ccc2nccc(Nc3ccc(C(=O)Nc4cc(C)ccn4)c(OC(=O)C(F)(F)F)c3OC(=O)C(F)(F)F)c2c1. The molecule has 4 aromatic rings. The minimum absolute atomic E-state index is 0.0197. The number of rotatable bonds is 7. The van der Waals surface area contributed by atoms with Gasteiger partial charge in [0, 0.05) is 29.2 Å². The number of esters is 2. The minimum Gasteiger partial charge on any atom is -0.415 e. The summed E-state index contributed by atoms with van der Waals surface area (Å²) in [5, 5.41) is 7.54. The maximum absolute atomic E-state index is 13.4. The Morgan fingerprint density at radius 1 is 0.766 bits per heavy atom. The Kier molecular flexibility index (Phi) is 9.64. The van der Waals surface area contributed by atoms with Crippen LogP contribution in [0.1, 0.15) is 22.8 Å². The van der Waals surface area contributed by atoms with Gasteiger partial charge in [0.15, 0.2) is 11.5 Å². The van der Waals surface area contributed by atoms with Crippen LogP contribution in [0.4, 0.5) is 49.2 Å². The number of fused-ring (bicyclic) bond motifs is 1. The van der Waals surface area contributed by atoms with Crippen LogP contribution < -0.4 is 25.4 Å². The Morgan fingerprint density at radius 2 is 1.43 bits per heavy atom. The molecule has 0 fully saturated rings. The van der Waals surface area contributed by atoms with E-state index in [1.54, 1.807) is 13.0 Å². The molecule has 242 valence electrons. The van der Waals surface area contributed by atoms with Crippen LogP contribution in [-0.2, 0) is 14.4 Å². The van der Waals surface area contributed by atoms with Crippen LogP contribution in [0.5, 0.6) is 11.5 Å². The van der Waals surface area contributed by atoms with Crippen molar-refractivity contribution in [2.75, 3.05) is 16.0 Å². The highest BCUT2D eigenvalue weighted by molar-refractivity contribution is 6.08. The first kappa shape index (κ1) is 33.7. The molecule has 0 unspecified atom stereocenters. The highest BCUT2D eigenvalue weighted by atomic mass is 19.4. The molecule has 2 aromatic carbocycles. The number of aryl methyl sites for hydroxylation is 1. The Labute approximate surface area is 260 Å². The average molecular weight is 659 g/mol. The lowest BCUT2D eigenvalue weighted by Crippen LogP contribution is -2.31. The third-order valence-corrected chi connectivity index (χ3v) is 5.87. The normalized spacial score (nSPS) is 11.1. The Balaban J connectivity index is 1.89. The van der Waals surface area contributed by atoms with Crippen LogP contribution in [0.15, 0.2) is 60.9 Å². The summed E-state index contributed by atoms with van der Waals surface area (Å²) in [5.41, 5.74) is -0.467. The van der Waals surface area contributed by atoms with E-state index in [4.69, 9.17) is 0 Å². The Morgan fingerprint density at radius 3 is 2.06 bits per heavy atom. The van der Waals surface area contributed by atoms with Crippen LogP contribution in [-0.4, -0.2) is 46.1 Å². The van der Waals surface area contributed by atoms with Gasteiger partial charge in [0.05, 0.1) is 16.8 Å². The molecule has 2 amide bonds. The van der Waals surface area contributed by atoms with E-state index in [2.05, 4.69) is 47.2 Å². The largest absolute Gasteiger partial charge is 0.491 e. The standard InChI is InChI=1S/C30H19F6N5O6/c1-3-4-23(42)39-16-5-7-19-18(14-16)20(10-12-37-19)40-21-8-6-17(26(43)41-22-13-15(2)9-11-38-22)24(46-27(44)29(31,32)33)25(21)47-28(45)30(34,35)36/h5-14H,1-2H3,(H,37,40)(H,39,42)(H,38,41,43). The zero-order valence-corrected chi connectivity index (χ0v) is 23.9. The van der Waals surface area contributed by atoms with Crippen molar-refractivity contribution in [3.8, 4) is 23.3 Å². The number of nitrogens with zero attached hydrogens (tertiary/aromatic N) is 2. The number of carbonyl (C=O) groups is 4. The summed E-state index contributed by atoms with van der Waals surface area (Å²) in [6.45, 7) is 3.06. The zero-order chi connectivity index (χ0) is 34.5. The van der Waals surface area contributed by atoms with Gasteiger partial charge < -0.3 is 25.4 Å². The molecule has 47 heavy (non-hydrogen) atoms. The van der Waals surface area contributed by atoms with Gasteiger partial charge in [-0.15, -0.1) is 0 Å². The predicted molar refractivity (Wildman–Crippen MR) is 154 cm³/mol. The summed E-state index contributed by atoms with van der Waals surface area (Å²) in [7, 11) is 0. The van der Waals surface area contributed by atoms with Crippen molar-refractivity contribution in [3.63, 3.8) is 0 Å². The number of alkyl halides is 6. The Bertz CT molecular complexity index is 1970. The number of nitrogens with one attached hydrogen (secondary N) is 3. The fourth-order valence-corrected chi connectivity index (χ4v) is 3.89. The van der Waals surface area contributed by atoms with Crippen molar-refractivity contribution in [1.29, 1.82) is 0 Å². The first-order valence-corrected chi connectivity index (χ1v) is 13.0. The number of benzene rings is 2. The van der Waals surface area contributed by atoms with E-state index in [9.17, 15) is 45.5 Å². The molecule has 2 heterocycles. The van der Waals surface area contributed by atoms with E-state index in [0.717, 1.165) is 12.1 Å². The molecule has 11 nitrogen and oxygen atoms in total. The topological polar surface area (TPSA) is 149 Å². The number of carbonyl (C=O) groups excluding carboxylic acids is 4. The molecule has 0 spiro atoms. The monoisotopic (exact) mass is 659 g/mol. The highest BCUT2D eigenvalue weighted by Crippen LogP contribution is 2.43. The second-order valence-electron chi connectivity index (χ2n) is 9.31. The van der Waals surface area contributed by atoms with Crippen molar-refractivity contribution < 1.29 is 55.0 Å². The van der Waals surface area contributed by atoms with Crippen molar-refractivity contribution in [2.45, 2.75) is 26.2 Å². The van der Waals surface area contributed by atoms with E-state index in [1.807, 2.05) is 0 Å². The number of ether oxygens (including phenoxy) is 2. The molecule has 0 atom stereocenters. The molecule has 0 bridgehead atoms. The third kappa shape index (κ3) is 8.30. The molecule has 0 saturated heterocycles. The van der Waals surface area contributed by atoms with Crippen LogP contribution in [0.3, 0.4) is 0 Å². The number of halogens is 6. The predicted octanol–water partition coefficient (Wildman–Crippen LogP) is 5.83. The third-order valence-electron chi connectivity index (χ3n) is 5.87. The summed E-state index contributed by atoms with van der Waals surface area (Å²) >= 11 is 0. The van der Waals surface area contributed by atoms with E-state index >= 15 is 0 Å². The molecule has 3 N–H and O–H groups in total. The molecule has 0 radical (unpaired) electrons. The number of pyridine rings is 2. The number of anilines is 4. The van der Waals surface area contributed by atoms with Crippen LogP contribution >= 0.6 is 0 Å². The molecule has 4 rings (SSSR count). The maximum Gasteiger partial charge on any atom is 0.491 e. The lowest BCUT2D eigenvalue weighted by molar-refractivity contribution is -0.191. The van der Waals surface area contributed by atoms with E-state index < -0.39 is 58.9 Å². The quantitative estimate of drug-likeness (QED) is 0.0965. The summed E-state index contributed by atoms with van der Waals surface area (Å²) in [6.07, 6.45) is -8.82. The van der Waals surface area contributed by atoms with Gasteiger partial charge >= 0.3 is 24.3 Å². The van der Waals surface area contributed by atoms with E-state index in [0.29, 0.717) is 5.56 Å². The molecular formula is C30H19F6N5O6. The summed E-state index contributed by atoms with van der Waals surface area (Å²) in [4.78, 5) is 57.1. The average Bonchev–Trinajstić information content (AvgIpc) is 2.98. The van der Waals surface area contributed by atoms with Crippen molar-refractivity contribution in [1.82, 2.24) is 9.97 Å². The van der Waals surface area contributed by atoms with Gasteiger partial charge in [-0.2, -0.15) is 26.3 Å². The van der Waals surface area contributed by atoms with Crippen LogP contribution in [0.2, 0.25) is 0 Å². The molecule has 17 heteroatoms. The molecule has 0 aliphatic heterocycles. The first-order valence-electron chi connectivity index (χ1n) is 13.0. The fraction of sp³-hybridized carbons (Fsp3) is 0.133. The molecule has 0 aliphatic carbocycles. The van der Waals surface area contributed by atoms with Crippen LogP contribution in [0, 0.1) is 18.8 Å². The smallest absolute Gasteiger partial charge is 0.415 e.